The van der Waals surface area contributed by atoms with E-state index in [2.05, 4.69) is 32.2 Å². The molecule has 0 aromatic rings. The number of carbonyl (C=O) groups is 1. The monoisotopic (exact) mass is 613 g/mol. The third-order valence-corrected chi connectivity index (χ3v) is 13.0. The number of nitrogens with one attached hydrogen (secondary N) is 1. The fourth-order valence-corrected chi connectivity index (χ4v) is 10.1. The van der Waals surface area contributed by atoms with E-state index in [-0.39, 0.29) is 58.2 Å². The minimum atomic E-state index is -3.94. The van der Waals surface area contributed by atoms with Gasteiger partial charge in [-0.25, -0.2) is 0 Å². The Morgan fingerprint density at radius 3 is 2.48 bits per heavy atom. The molecule has 0 heterocycles. The summed E-state index contributed by atoms with van der Waals surface area (Å²) in [5, 5.41) is 36.5. The van der Waals surface area contributed by atoms with Crippen molar-refractivity contribution in [1.82, 2.24) is 5.32 Å². The molecule has 9 nitrogen and oxygen atoms in total. The number of aliphatic hydroxyl groups excluding tert-OH is 3. The van der Waals surface area contributed by atoms with Gasteiger partial charge in [0, 0.05) is 37.1 Å². The maximum Gasteiger partial charge on any atom is 0.265 e. The van der Waals surface area contributed by atoms with Gasteiger partial charge in [0.1, 0.15) is 0 Å². The molecule has 3 saturated carbocycles. The Hall–Kier alpha value is -1.04. The van der Waals surface area contributed by atoms with Crippen molar-refractivity contribution in [2.24, 2.45) is 40.4 Å². The first-order valence-electron chi connectivity index (χ1n) is 16.3. The maximum atomic E-state index is 12.7. The molecule has 0 aromatic carbocycles. The fraction of sp³-hybridized carbons (Fsp3) is 0.906. The first-order valence-corrected chi connectivity index (χ1v) is 17.9. The average Bonchev–Trinajstić information content (AvgIpc) is 3.24. The molecule has 10 heteroatoms. The van der Waals surface area contributed by atoms with Gasteiger partial charge in [0.05, 0.1) is 51.2 Å². The highest BCUT2D eigenvalue weighted by atomic mass is 32.2. The first-order chi connectivity index (χ1) is 19.5. The molecule has 10 atom stereocenters. The number of amides is 1. The molecule has 242 valence electrons. The van der Waals surface area contributed by atoms with Crippen molar-refractivity contribution >= 4 is 16.0 Å². The van der Waals surface area contributed by atoms with E-state index in [1.165, 1.54) is 5.57 Å². The summed E-state index contributed by atoms with van der Waals surface area (Å²) in [4.78, 5) is 12.7. The summed E-state index contributed by atoms with van der Waals surface area (Å²) in [6, 6.07) is 0. The van der Waals surface area contributed by atoms with Gasteiger partial charge in [-0.15, -0.1) is 0 Å². The van der Waals surface area contributed by atoms with Crippen molar-refractivity contribution in [3.05, 3.63) is 11.6 Å². The molecule has 3 fully saturated rings. The Morgan fingerprint density at radius 2 is 1.79 bits per heavy atom. The van der Waals surface area contributed by atoms with Crippen LogP contribution < -0.4 is 5.32 Å². The molecule has 0 bridgehead atoms. The van der Waals surface area contributed by atoms with Gasteiger partial charge in [0.2, 0.25) is 5.91 Å². The van der Waals surface area contributed by atoms with Crippen LogP contribution in [0.25, 0.3) is 0 Å². The van der Waals surface area contributed by atoms with Crippen LogP contribution in [0.15, 0.2) is 11.6 Å². The highest BCUT2D eigenvalue weighted by molar-refractivity contribution is 7.85. The number of rotatable bonds is 12. The molecule has 4 aliphatic carbocycles. The quantitative estimate of drug-likeness (QED) is 0.0985. The number of quaternary nitrogens is 1. The van der Waals surface area contributed by atoms with Crippen LogP contribution in [0.1, 0.15) is 85.0 Å². The number of fused-ring (bicyclic) bond motifs is 5. The molecule has 0 aromatic heterocycles. The van der Waals surface area contributed by atoms with E-state index in [4.69, 9.17) is 4.55 Å². The smallest absolute Gasteiger partial charge is 0.265 e. The van der Waals surface area contributed by atoms with Crippen molar-refractivity contribution in [3.8, 4) is 0 Å². The predicted octanol–water partition coefficient (Wildman–Crippen LogP) is 3.14. The molecule has 0 aliphatic heterocycles. The van der Waals surface area contributed by atoms with Crippen LogP contribution in [0.5, 0.6) is 0 Å². The van der Waals surface area contributed by atoms with Gasteiger partial charge in [-0.1, -0.05) is 32.4 Å². The predicted molar refractivity (Wildman–Crippen MR) is 163 cm³/mol. The highest BCUT2D eigenvalue weighted by Gasteiger charge is 2.62. The van der Waals surface area contributed by atoms with E-state index < -0.39 is 22.3 Å². The van der Waals surface area contributed by atoms with Gasteiger partial charge in [0.15, 0.2) is 0 Å². The van der Waals surface area contributed by atoms with Crippen LogP contribution in [0.4, 0.5) is 0 Å². The average molecular weight is 614 g/mol. The van der Waals surface area contributed by atoms with Crippen molar-refractivity contribution in [2.45, 2.75) is 103 Å². The van der Waals surface area contributed by atoms with Gasteiger partial charge in [0.25, 0.3) is 10.1 Å². The van der Waals surface area contributed by atoms with Gasteiger partial charge in [-0.2, -0.15) is 8.42 Å². The lowest BCUT2D eigenvalue weighted by Crippen LogP contribution is -2.57. The first kappa shape index (κ1) is 33.8. The lowest BCUT2D eigenvalue weighted by Gasteiger charge is -2.59. The second kappa shape index (κ2) is 12.8. The largest absolute Gasteiger partial charge is 0.393 e. The van der Waals surface area contributed by atoms with Crippen molar-refractivity contribution in [1.29, 1.82) is 0 Å². The van der Waals surface area contributed by atoms with Gasteiger partial charge < -0.3 is 25.1 Å². The van der Waals surface area contributed by atoms with Gasteiger partial charge in [-0.3, -0.25) is 9.35 Å². The van der Waals surface area contributed by atoms with Crippen LogP contribution in [0.2, 0.25) is 0 Å². The molecule has 42 heavy (non-hydrogen) atoms. The zero-order chi connectivity index (χ0) is 31.1. The SMILES string of the molecule is C[C@H](CCC(=O)NCCC[N+](C)(C)CCCS(=O)(=O)O)[C@H]1CC[C@H]2[C@H]3C(=C[C@H](O)[C@]12C)[C@@]1(C)CC[C@@H](O)C[C@H]1C[C@H]3O. The summed E-state index contributed by atoms with van der Waals surface area (Å²) < 4.78 is 31.5. The van der Waals surface area contributed by atoms with Crippen LogP contribution in [0, 0.1) is 40.4 Å². The molecule has 0 saturated heterocycles. The van der Waals surface area contributed by atoms with Crippen LogP contribution in [0.3, 0.4) is 0 Å². The normalized spacial score (nSPS) is 39.1. The highest BCUT2D eigenvalue weighted by Crippen LogP contribution is 2.66. The Kier molecular flexibility index (Phi) is 10.3. The van der Waals surface area contributed by atoms with Crippen LogP contribution in [-0.4, -0.2) is 96.5 Å². The molecule has 0 radical (unpaired) electrons. The topological polar surface area (TPSA) is 144 Å². The van der Waals surface area contributed by atoms with Crippen molar-refractivity contribution in [3.63, 3.8) is 0 Å². The van der Waals surface area contributed by atoms with E-state index in [0.29, 0.717) is 30.4 Å². The van der Waals surface area contributed by atoms with E-state index in [1.54, 1.807) is 0 Å². The zero-order valence-electron chi connectivity index (χ0n) is 26.5. The standard InChI is InChI=1S/C32H56N2O7S/c1-21(8-11-29(38)33-14-6-15-34(4,5)16-7-17-42(39,40)41)24-9-10-25-30-26(20-28(37)32(24,25)3)31(2)13-12-23(35)18-22(31)19-27(30)36/h20-25,27-28,30,35-37H,6-19H2,1-5H3,(H-,33,38,39,40,41)/p+1/t21-,22+,23-,24-,25+,27-,28+,30+,31+,32-/m1/s1. The Balaban J connectivity index is 1.29. The summed E-state index contributed by atoms with van der Waals surface area (Å²) in [7, 11) is 0.103. The van der Waals surface area contributed by atoms with E-state index in [9.17, 15) is 28.5 Å². The zero-order valence-corrected chi connectivity index (χ0v) is 27.3. The molecular formula is C32H57N2O7S+. The summed E-state index contributed by atoms with van der Waals surface area (Å²) in [6.07, 6.45) is 8.26. The summed E-state index contributed by atoms with van der Waals surface area (Å²) in [6.45, 7) is 8.72. The Labute approximate surface area is 253 Å². The molecule has 4 rings (SSSR count). The lowest BCUT2D eigenvalue weighted by molar-refractivity contribution is -0.890. The molecule has 0 unspecified atom stereocenters. The number of hydrogen-bond donors (Lipinski definition) is 5. The molecule has 1 amide bonds. The third-order valence-electron chi connectivity index (χ3n) is 12.2. The van der Waals surface area contributed by atoms with Gasteiger partial charge in [-0.05, 0) is 74.0 Å². The molecule has 5 N–H and O–H groups in total. The minimum absolute atomic E-state index is 0.0331. The number of carbonyl (C=O) groups excluding carboxylic acids is 1. The summed E-state index contributed by atoms with van der Waals surface area (Å²) in [5.74, 6) is 0.868. The van der Waals surface area contributed by atoms with Crippen molar-refractivity contribution in [2.75, 3.05) is 39.5 Å². The molecule has 0 spiro atoms. The van der Waals surface area contributed by atoms with E-state index in [1.807, 2.05) is 14.1 Å². The lowest BCUT2D eigenvalue weighted by atomic mass is 9.47. The second-order valence-corrected chi connectivity index (χ2v) is 16.9. The summed E-state index contributed by atoms with van der Waals surface area (Å²) in [5.41, 5.74) is 0.837. The van der Waals surface area contributed by atoms with Crippen LogP contribution >= 0.6 is 0 Å². The number of hydrogen-bond acceptors (Lipinski definition) is 6. The summed E-state index contributed by atoms with van der Waals surface area (Å²) >= 11 is 0. The van der Waals surface area contributed by atoms with Gasteiger partial charge >= 0.3 is 0 Å². The molecular weight excluding hydrogens is 556 g/mol. The van der Waals surface area contributed by atoms with Crippen LogP contribution in [-0.2, 0) is 14.9 Å². The molecule has 4 aliphatic rings. The van der Waals surface area contributed by atoms with E-state index in [0.717, 1.165) is 57.9 Å². The third kappa shape index (κ3) is 7.09. The number of aliphatic hydroxyl groups is 3. The Morgan fingerprint density at radius 1 is 1.10 bits per heavy atom. The van der Waals surface area contributed by atoms with E-state index >= 15 is 0 Å². The minimum Gasteiger partial charge on any atom is -0.393 e. The Bertz CT molecular complexity index is 1110. The fourth-order valence-electron chi connectivity index (χ4n) is 9.60. The van der Waals surface area contributed by atoms with Crippen molar-refractivity contribution < 1.29 is 37.6 Å². The number of nitrogens with zero attached hydrogens (tertiary/aromatic N) is 1. The second-order valence-electron chi connectivity index (χ2n) is 15.3. The maximum absolute atomic E-state index is 12.7.